The highest BCUT2D eigenvalue weighted by atomic mass is 16.5. The number of para-hydroxylation sites is 1. The third-order valence-electron chi connectivity index (χ3n) is 3.11. The van der Waals surface area contributed by atoms with Crippen molar-refractivity contribution in [2.24, 2.45) is 0 Å². The number of benzene rings is 1. The van der Waals surface area contributed by atoms with E-state index in [1.807, 2.05) is 30.3 Å². The number of nitrogens with zero attached hydrogens (tertiary/aromatic N) is 1. The molecule has 0 spiro atoms. The molecule has 5 heteroatoms. The number of hydrogen-bond acceptors (Lipinski definition) is 4. The average molecular weight is 257 g/mol. The Bertz CT molecular complexity index is 622. The molecular weight excluding hydrogens is 242 g/mol. The third-order valence-corrected chi connectivity index (χ3v) is 3.11. The molecule has 0 bridgehead atoms. The summed E-state index contributed by atoms with van der Waals surface area (Å²) in [7, 11) is 0. The molecule has 1 aromatic heterocycles. The Balaban J connectivity index is 1.78. The van der Waals surface area contributed by atoms with E-state index in [-0.39, 0.29) is 12.2 Å². The quantitative estimate of drug-likeness (QED) is 0.860. The van der Waals surface area contributed by atoms with Crippen LogP contribution in [0.15, 0.2) is 35.1 Å². The van der Waals surface area contributed by atoms with Crippen LogP contribution in [-0.2, 0) is 19.6 Å². The lowest BCUT2D eigenvalue weighted by Crippen LogP contribution is -2.32. The van der Waals surface area contributed by atoms with Crippen molar-refractivity contribution in [3.63, 3.8) is 0 Å². The number of aromatic amines is 1. The monoisotopic (exact) mass is 257 g/mol. The predicted octanol–water partition coefficient (Wildman–Crippen LogP) is 0.995. The van der Waals surface area contributed by atoms with Gasteiger partial charge >= 0.3 is 0 Å². The van der Waals surface area contributed by atoms with Crippen LogP contribution in [0.1, 0.15) is 17.1 Å². The van der Waals surface area contributed by atoms with Gasteiger partial charge in [-0.05, 0) is 12.1 Å². The molecule has 0 atom stereocenters. The van der Waals surface area contributed by atoms with E-state index in [0.717, 1.165) is 30.0 Å². The Labute approximate surface area is 110 Å². The zero-order valence-electron chi connectivity index (χ0n) is 10.5. The molecule has 3 rings (SSSR count). The molecule has 0 aliphatic carbocycles. The van der Waals surface area contributed by atoms with E-state index in [1.54, 1.807) is 0 Å². The largest absolute Gasteiger partial charge is 0.486 e. The maximum absolute atomic E-state index is 11.9. The summed E-state index contributed by atoms with van der Waals surface area (Å²) < 4.78 is 5.59. The van der Waals surface area contributed by atoms with Gasteiger partial charge in [0, 0.05) is 19.5 Å². The molecule has 19 heavy (non-hydrogen) atoms. The maximum Gasteiger partial charge on any atom is 0.255 e. The zero-order valence-corrected chi connectivity index (χ0v) is 10.5. The van der Waals surface area contributed by atoms with Crippen LogP contribution in [0.4, 0.5) is 0 Å². The van der Waals surface area contributed by atoms with Gasteiger partial charge in [0.05, 0.1) is 11.3 Å². The van der Waals surface area contributed by atoms with Gasteiger partial charge in [-0.15, -0.1) is 0 Å². The smallest absolute Gasteiger partial charge is 0.255 e. The van der Waals surface area contributed by atoms with Crippen molar-refractivity contribution in [3.05, 3.63) is 57.8 Å². The molecule has 1 aliphatic heterocycles. The minimum absolute atomic E-state index is 0.0659. The van der Waals surface area contributed by atoms with Gasteiger partial charge < -0.3 is 15.0 Å². The molecule has 5 nitrogen and oxygen atoms in total. The summed E-state index contributed by atoms with van der Waals surface area (Å²) >= 11 is 0. The normalized spacial score (nSPS) is 13.9. The van der Waals surface area contributed by atoms with Gasteiger partial charge in [0.1, 0.15) is 18.2 Å². The number of aromatic nitrogens is 2. The molecule has 0 saturated carbocycles. The van der Waals surface area contributed by atoms with E-state index in [4.69, 9.17) is 4.74 Å². The molecular formula is C14H15N3O2. The van der Waals surface area contributed by atoms with Crippen molar-refractivity contribution in [1.29, 1.82) is 0 Å². The number of fused-ring (bicyclic) bond motifs is 1. The van der Waals surface area contributed by atoms with Crippen molar-refractivity contribution in [1.82, 2.24) is 15.3 Å². The first-order valence-corrected chi connectivity index (χ1v) is 6.32. The van der Waals surface area contributed by atoms with Crippen molar-refractivity contribution in [2.45, 2.75) is 19.6 Å². The first kappa shape index (κ1) is 11.9. The van der Waals surface area contributed by atoms with Crippen LogP contribution >= 0.6 is 0 Å². The molecule has 2 aromatic rings. The molecule has 0 saturated heterocycles. The molecule has 0 unspecified atom stereocenters. The van der Waals surface area contributed by atoms with Crippen LogP contribution in [0.3, 0.4) is 0 Å². The van der Waals surface area contributed by atoms with E-state index in [9.17, 15) is 4.79 Å². The molecule has 1 aliphatic rings. The van der Waals surface area contributed by atoms with E-state index < -0.39 is 0 Å². The number of hydrogen-bond donors (Lipinski definition) is 2. The Morgan fingerprint density at radius 1 is 1.26 bits per heavy atom. The Morgan fingerprint density at radius 2 is 2.11 bits per heavy atom. The van der Waals surface area contributed by atoms with Crippen LogP contribution in [0.25, 0.3) is 0 Å². The molecule has 0 fully saturated rings. The van der Waals surface area contributed by atoms with E-state index in [1.165, 1.54) is 0 Å². The van der Waals surface area contributed by atoms with Crippen LogP contribution < -0.4 is 15.6 Å². The second-order valence-corrected chi connectivity index (χ2v) is 4.47. The van der Waals surface area contributed by atoms with Crippen LogP contribution in [0.2, 0.25) is 0 Å². The van der Waals surface area contributed by atoms with Gasteiger partial charge in [-0.3, -0.25) is 4.79 Å². The summed E-state index contributed by atoms with van der Waals surface area (Å²) in [5.74, 6) is 1.35. The predicted molar refractivity (Wildman–Crippen MR) is 71.0 cm³/mol. The molecule has 1 aromatic carbocycles. The second-order valence-electron chi connectivity index (χ2n) is 4.47. The fourth-order valence-corrected chi connectivity index (χ4v) is 2.14. The topological polar surface area (TPSA) is 67.0 Å². The van der Waals surface area contributed by atoms with Crippen molar-refractivity contribution < 1.29 is 4.74 Å². The lowest BCUT2D eigenvalue weighted by molar-refractivity contribution is 0.294. The van der Waals surface area contributed by atoms with Crippen molar-refractivity contribution in [3.8, 4) is 5.75 Å². The van der Waals surface area contributed by atoms with Crippen LogP contribution in [0.5, 0.6) is 5.75 Å². The number of H-pyrrole nitrogens is 1. The number of ether oxygens (including phenoxy) is 1. The van der Waals surface area contributed by atoms with Gasteiger partial charge in [0.2, 0.25) is 0 Å². The van der Waals surface area contributed by atoms with Gasteiger partial charge in [0.15, 0.2) is 0 Å². The molecule has 2 N–H and O–H groups in total. The maximum atomic E-state index is 11.9. The van der Waals surface area contributed by atoms with E-state index >= 15 is 0 Å². The first-order valence-electron chi connectivity index (χ1n) is 6.32. The lowest BCUT2D eigenvalue weighted by Gasteiger charge is -2.16. The average Bonchev–Trinajstić information content (AvgIpc) is 2.46. The third kappa shape index (κ3) is 2.66. The number of nitrogens with one attached hydrogen (secondary N) is 2. The minimum atomic E-state index is -0.0659. The highest BCUT2D eigenvalue weighted by Gasteiger charge is 2.15. The fraction of sp³-hybridized carbons (Fsp3) is 0.286. The Morgan fingerprint density at radius 3 is 2.95 bits per heavy atom. The second kappa shape index (κ2) is 5.24. The molecule has 98 valence electrons. The zero-order chi connectivity index (χ0) is 13.1. The van der Waals surface area contributed by atoms with Crippen molar-refractivity contribution in [2.75, 3.05) is 6.54 Å². The first-order chi connectivity index (χ1) is 9.33. The van der Waals surface area contributed by atoms with E-state index in [0.29, 0.717) is 12.4 Å². The number of rotatable bonds is 3. The van der Waals surface area contributed by atoms with Gasteiger partial charge in [-0.2, -0.15) is 0 Å². The van der Waals surface area contributed by atoms with Gasteiger partial charge in [-0.25, -0.2) is 4.98 Å². The van der Waals surface area contributed by atoms with Crippen LogP contribution in [0, 0.1) is 0 Å². The minimum Gasteiger partial charge on any atom is -0.486 e. The Kier molecular flexibility index (Phi) is 3.29. The fourth-order valence-electron chi connectivity index (χ4n) is 2.14. The Hall–Kier alpha value is -2.14. The molecule has 2 heterocycles. The van der Waals surface area contributed by atoms with Crippen molar-refractivity contribution >= 4 is 0 Å². The standard InChI is InChI=1S/C14H15N3O2/c18-14-11-8-15-7-6-12(11)16-13(17-14)9-19-10-4-2-1-3-5-10/h1-5,15H,6-9H2,(H,16,17,18). The summed E-state index contributed by atoms with van der Waals surface area (Å²) in [5.41, 5.74) is 1.56. The summed E-state index contributed by atoms with van der Waals surface area (Å²) in [4.78, 5) is 19.1. The molecule has 0 radical (unpaired) electrons. The summed E-state index contributed by atoms with van der Waals surface area (Å²) in [5, 5.41) is 3.17. The molecule has 0 amide bonds. The SMILES string of the molecule is O=c1[nH]c(COc2ccccc2)nc2c1CNCC2. The summed E-state index contributed by atoms with van der Waals surface area (Å²) in [6, 6.07) is 9.49. The van der Waals surface area contributed by atoms with E-state index in [2.05, 4.69) is 15.3 Å². The highest BCUT2D eigenvalue weighted by molar-refractivity contribution is 5.22. The lowest BCUT2D eigenvalue weighted by atomic mass is 10.1. The summed E-state index contributed by atoms with van der Waals surface area (Å²) in [6.45, 7) is 1.74. The van der Waals surface area contributed by atoms with Gasteiger partial charge in [-0.1, -0.05) is 18.2 Å². The van der Waals surface area contributed by atoms with Gasteiger partial charge in [0.25, 0.3) is 5.56 Å². The summed E-state index contributed by atoms with van der Waals surface area (Å²) in [6.07, 6.45) is 0.789. The van der Waals surface area contributed by atoms with Crippen LogP contribution in [-0.4, -0.2) is 16.5 Å². The highest BCUT2D eigenvalue weighted by Crippen LogP contribution is 2.11.